The van der Waals surface area contributed by atoms with Crippen molar-refractivity contribution in [3.8, 4) is 16.9 Å². The summed E-state index contributed by atoms with van der Waals surface area (Å²) in [6, 6.07) is 13.2. The molecule has 3 rings (SSSR count). The molecule has 0 aliphatic carbocycles. The third-order valence-electron chi connectivity index (χ3n) is 3.78. The van der Waals surface area contributed by atoms with Crippen LogP contribution in [0.3, 0.4) is 0 Å². The van der Waals surface area contributed by atoms with E-state index in [0.717, 1.165) is 16.7 Å². The molecule has 25 heavy (non-hydrogen) atoms. The normalized spacial score (nSPS) is 11.8. The highest BCUT2D eigenvalue weighted by molar-refractivity contribution is 5.78. The average Bonchev–Trinajstić information content (AvgIpc) is 3.15. The Labute approximate surface area is 144 Å². The number of nitrogens with zero attached hydrogens (tertiary/aromatic N) is 1. The molecule has 0 saturated carbocycles. The molecule has 1 atom stereocenters. The summed E-state index contributed by atoms with van der Waals surface area (Å²) in [5, 5.41) is 9.50. The quantitative estimate of drug-likeness (QED) is 0.722. The third kappa shape index (κ3) is 4.44. The number of halogens is 1. The smallest absolute Gasteiger partial charge is 0.258 e. The van der Waals surface area contributed by atoms with Gasteiger partial charge in [-0.25, -0.2) is 4.39 Å². The van der Waals surface area contributed by atoms with E-state index in [2.05, 4.69) is 15.5 Å². The highest BCUT2D eigenvalue weighted by Gasteiger charge is 2.10. The van der Waals surface area contributed by atoms with E-state index in [-0.39, 0.29) is 24.4 Å². The predicted molar refractivity (Wildman–Crippen MR) is 92.5 cm³/mol. The standard InChI is InChI=1S/C19H18FN3O2/c1-13(14-5-7-17(20)8-6-14)23-19(24)12-25-18-4-2-3-15(9-18)16-10-21-22-11-16/h2-11,13H,12H2,1H3,(H,21,22)(H,23,24)/t13-/m1/s1. The number of aromatic amines is 1. The first-order chi connectivity index (χ1) is 12.1. The van der Waals surface area contributed by atoms with Gasteiger partial charge in [0.25, 0.3) is 5.91 Å². The number of carbonyl (C=O) groups excluding carboxylic acids is 1. The van der Waals surface area contributed by atoms with Crippen LogP contribution in [-0.2, 0) is 4.79 Å². The van der Waals surface area contributed by atoms with Gasteiger partial charge in [0.1, 0.15) is 11.6 Å². The van der Waals surface area contributed by atoms with Gasteiger partial charge >= 0.3 is 0 Å². The maximum absolute atomic E-state index is 12.9. The Morgan fingerprint density at radius 1 is 1.24 bits per heavy atom. The first-order valence-electron chi connectivity index (χ1n) is 7.88. The molecular weight excluding hydrogens is 321 g/mol. The lowest BCUT2D eigenvalue weighted by Gasteiger charge is -2.15. The van der Waals surface area contributed by atoms with Crippen molar-refractivity contribution in [1.82, 2.24) is 15.5 Å². The van der Waals surface area contributed by atoms with Gasteiger partial charge in [0, 0.05) is 11.8 Å². The number of hydrogen-bond donors (Lipinski definition) is 2. The molecule has 0 radical (unpaired) electrons. The van der Waals surface area contributed by atoms with Crippen LogP contribution < -0.4 is 10.1 Å². The van der Waals surface area contributed by atoms with E-state index in [0.29, 0.717) is 5.75 Å². The van der Waals surface area contributed by atoms with Gasteiger partial charge in [0.05, 0.1) is 12.2 Å². The van der Waals surface area contributed by atoms with Gasteiger partial charge in [0.15, 0.2) is 6.61 Å². The molecule has 0 bridgehead atoms. The maximum Gasteiger partial charge on any atom is 0.258 e. The zero-order chi connectivity index (χ0) is 17.6. The second-order valence-corrected chi connectivity index (χ2v) is 5.64. The third-order valence-corrected chi connectivity index (χ3v) is 3.78. The fourth-order valence-corrected chi connectivity index (χ4v) is 2.44. The van der Waals surface area contributed by atoms with Crippen LogP contribution in [0.1, 0.15) is 18.5 Å². The molecule has 2 N–H and O–H groups in total. The second-order valence-electron chi connectivity index (χ2n) is 5.64. The van der Waals surface area contributed by atoms with E-state index < -0.39 is 0 Å². The van der Waals surface area contributed by atoms with E-state index >= 15 is 0 Å². The molecule has 128 valence electrons. The number of ether oxygens (including phenoxy) is 1. The summed E-state index contributed by atoms with van der Waals surface area (Å²) >= 11 is 0. The Kier molecular flexibility index (Phi) is 5.09. The van der Waals surface area contributed by atoms with Crippen molar-refractivity contribution in [3.63, 3.8) is 0 Å². The second kappa shape index (κ2) is 7.61. The fraction of sp³-hybridized carbons (Fsp3) is 0.158. The minimum Gasteiger partial charge on any atom is -0.484 e. The number of rotatable bonds is 6. The van der Waals surface area contributed by atoms with E-state index in [9.17, 15) is 9.18 Å². The predicted octanol–water partition coefficient (Wildman–Crippen LogP) is 3.47. The van der Waals surface area contributed by atoms with E-state index in [1.54, 1.807) is 30.6 Å². The van der Waals surface area contributed by atoms with Crippen molar-refractivity contribution in [1.29, 1.82) is 0 Å². The highest BCUT2D eigenvalue weighted by atomic mass is 19.1. The minimum atomic E-state index is -0.303. The van der Waals surface area contributed by atoms with Crippen LogP contribution in [0.4, 0.5) is 4.39 Å². The Bertz CT molecular complexity index is 832. The lowest BCUT2D eigenvalue weighted by Crippen LogP contribution is -2.31. The topological polar surface area (TPSA) is 67.0 Å². The van der Waals surface area contributed by atoms with Crippen molar-refractivity contribution >= 4 is 5.91 Å². The molecule has 6 heteroatoms. The van der Waals surface area contributed by atoms with Crippen LogP contribution in [0, 0.1) is 5.82 Å². The monoisotopic (exact) mass is 339 g/mol. The van der Waals surface area contributed by atoms with Crippen LogP contribution in [0.15, 0.2) is 60.9 Å². The van der Waals surface area contributed by atoms with Gasteiger partial charge in [-0.2, -0.15) is 5.10 Å². The molecule has 5 nitrogen and oxygen atoms in total. The number of nitrogens with one attached hydrogen (secondary N) is 2. The first kappa shape index (κ1) is 16.7. The van der Waals surface area contributed by atoms with Crippen LogP contribution >= 0.6 is 0 Å². The van der Waals surface area contributed by atoms with Gasteiger partial charge in [-0.1, -0.05) is 24.3 Å². The summed E-state index contributed by atoms with van der Waals surface area (Å²) in [5.41, 5.74) is 2.72. The highest BCUT2D eigenvalue weighted by Crippen LogP contribution is 2.22. The Hall–Kier alpha value is -3.15. The molecule has 3 aromatic rings. The summed E-state index contributed by atoms with van der Waals surface area (Å²) in [7, 11) is 0. The fourth-order valence-electron chi connectivity index (χ4n) is 2.44. The average molecular weight is 339 g/mol. The number of hydrogen-bond acceptors (Lipinski definition) is 3. The summed E-state index contributed by atoms with van der Waals surface area (Å²) in [5.74, 6) is 0.0527. The van der Waals surface area contributed by atoms with E-state index in [1.165, 1.54) is 12.1 Å². The molecule has 0 fully saturated rings. The van der Waals surface area contributed by atoms with Crippen LogP contribution in [0.25, 0.3) is 11.1 Å². The summed E-state index contributed by atoms with van der Waals surface area (Å²) < 4.78 is 18.5. The van der Waals surface area contributed by atoms with E-state index in [4.69, 9.17) is 4.74 Å². The number of amides is 1. The van der Waals surface area contributed by atoms with Gasteiger partial charge in [-0.05, 0) is 42.3 Å². The summed E-state index contributed by atoms with van der Waals surface area (Å²) in [4.78, 5) is 12.1. The number of carbonyl (C=O) groups is 1. The maximum atomic E-state index is 12.9. The van der Waals surface area contributed by atoms with Crippen molar-refractivity contribution in [2.45, 2.75) is 13.0 Å². The Morgan fingerprint density at radius 2 is 2.04 bits per heavy atom. The van der Waals surface area contributed by atoms with Crippen LogP contribution in [0.2, 0.25) is 0 Å². The van der Waals surface area contributed by atoms with Gasteiger partial charge in [0.2, 0.25) is 0 Å². The van der Waals surface area contributed by atoms with Crippen molar-refractivity contribution in [2.24, 2.45) is 0 Å². The zero-order valence-corrected chi connectivity index (χ0v) is 13.7. The van der Waals surface area contributed by atoms with Gasteiger partial charge < -0.3 is 10.1 Å². The molecule has 1 heterocycles. The molecule has 0 unspecified atom stereocenters. The summed E-state index contributed by atoms with van der Waals surface area (Å²) in [6.07, 6.45) is 3.51. The van der Waals surface area contributed by atoms with Crippen molar-refractivity contribution in [3.05, 3.63) is 72.3 Å². The number of aromatic nitrogens is 2. The Balaban J connectivity index is 1.55. The molecule has 2 aromatic carbocycles. The largest absolute Gasteiger partial charge is 0.484 e. The SMILES string of the molecule is C[C@@H](NC(=O)COc1cccc(-c2cn[nH]c2)c1)c1ccc(F)cc1. The van der Waals surface area contributed by atoms with Gasteiger partial charge in [-0.15, -0.1) is 0 Å². The van der Waals surface area contributed by atoms with Crippen LogP contribution in [0.5, 0.6) is 5.75 Å². The minimum absolute atomic E-state index is 0.0969. The summed E-state index contributed by atoms with van der Waals surface area (Å²) in [6.45, 7) is 1.74. The zero-order valence-electron chi connectivity index (χ0n) is 13.7. The van der Waals surface area contributed by atoms with Gasteiger partial charge in [-0.3, -0.25) is 9.89 Å². The lowest BCUT2D eigenvalue weighted by molar-refractivity contribution is -0.123. The van der Waals surface area contributed by atoms with E-state index in [1.807, 2.05) is 25.1 Å². The number of benzene rings is 2. The molecule has 0 spiro atoms. The van der Waals surface area contributed by atoms with Crippen molar-refractivity contribution < 1.29 is 13.9 Å². The first-order valence-corrected chi connectivity index (χ1v) is 7.88. The lowest BCUT2D eigenvalue weighted by atomic mass is 10.1. The molecule has 1 aromatic heterocycles. The molecule has 0 aliphatic heterocycles. The Morgan fingerprint density at radius 3 is 2.76 bits per heavy atom. The number of H-pyrrole nitrogens is 1. The van der Waals surface area contributed by atoms with Crippen molar-refractivity contribution in [2.75, 3.05) is 6.61 Å². The molecule has 0 saturated heterocycles. The molecular formula is C19H18FN3O2. The van der Waals surface area contributed by atoms with Crippen LogP contribution in [-0.4, -0.2) is 22.7 Å². The molecule has 0 aliphatic rings. The molecule has 1 amide bonds.